The third-order valence-corrected chi connectivity index (χ3v) is 4.06. The van der Waals surface area contributed by atoms with Crippen molar-refractivity contribution >= 4 is 28.3 Å². The molecule has 98 valence electrons. The number of aliphatic imine (C=N–C) groups is 1. The Morgan fingerprint density at radius 3 is 2.44 bits per heavy atom. The van der Waals surface area contributed by atoms with E-state index in [0.29, 0.717) is 5.25 Å². The number of nitrogens with zero attached hydrogens (tertiary/aromatic N) is 2. The van der Waals surface area contributed by atoms with Gasteiger partial charge in [-0.15, -0.1) is 0 Å². The molecule has 1 unspecified atom stereocenters. The van der Waals surface area contributed by atoms with Crippen molar-refractivity contribution in [2.24, 2.45) is 4.99 Å². The van der Waals surface area contributed by atoms with Crippen LogP contribution in [0, 0.1) is 0 Å². The lowest BCUT2D eigenvalue weighted by molar-refractivity contribution is 0.866. The third kappa shape index (κ3) is 3.19. The van der Waals surface area contributed by atoms with Crippen LogP contribution in [-0.4, -0.2) is 30.1 Å². The molecule has 0 saturated carbocycles. The highest BCUT2D eigenvalue weighted by atomic mass is 32.2. The summed E-state index contributed by atoms with van der Waals surface area (Å²) in [5.41, 5.74) is 2.39. The van der Waals surface area contributed by atoms with Crippen LogP contribution in [0.4, 0.5) is 11.4 Å². The van der Waals surface area contributed by atoms with Crippen molar-refractivity contribution in [3.63, 3.8) is 0 Å². The topological polar surface area (TPSA) is 27.6 Å². The van der Waals surface area contributed by atoms with Crippen molar-refractivity contribution in [2.75, 3.05) is 29.9 Å². The fourth-order valence-corrected chi connectivity index (χ4v) is 2.87. The van der Waals surface area contributed by atoms with Gasteiger partial charge in [0.25, 0.3) is 0 Å². The van der Waals surface area contributed by atoms with Gasteiger partial charge in [-0.3, -0.25) is 4.99 Å². The Labute approximate surface area is 114 Å². The largest absolute Gasteiger partial charge is 0.372 e. The summed E-state index contributed by atoms with van der Waals surface area (Å²) in [5, 5.41) is 5.01. The average Bonchev–Trinajstić information content (AvgIpc) is 2.78. The molecule has 1 N–H and O–H groups in total. The SMILES string of the molecule is CCN(CC)c1ccc(NC2=NCC(C)S2)cc1. The van der Waals surface area contributed by atoms with Gasteiger partial charge in [-0.2, -0.15) is 0 Å². The monoisotopic (exact) mass is 263 g/mol. The second-order valence-electron chi connectivity index (χ2n) is 4.42. The molecule has 0 fully saturated rings. The van der Waals surface area contributed by atoms with Crippen LogP contribution in [0.25, 0.3) is 0 Å². The normalized spacial score (nSPS) is 18.6. The van der Waals surface area contributed by atoms with Gasteiger partial charge in [-0.1, -0.05) is 18.7 Å². The highest BCUT2D eigenvalue weighted by Gasteiger charge is 2.14. The molecule has 4 heteroatoms. The Bertz CT molecular complexity index is 410. The number of nitrogens with one attached hydrogen (secondary N) is 1. The minimum Gasteiger partial charge on any atom is -0.372 e. The number of rotatable bonds is 4. The van der Waals surface area contributed by atoms with E-state index >= 15 is 0 Å². The number of hydrogen-bond donors (Lipinski definition) is 1. The van der Waals surface area contributed by atoms with Gasteiger partial charge < -0.3 is 10.2 Å². The molecule has 0 aliphatic carbocycles. The fraction of sp³-hybridized carbons (Fsp3) is 0.500. The molecule has 0 saturated heterocycles. The zero-order chi connectivity index (χ0) is 13.0. The van der Waals surface area contributed by atoms with Crippen molar-refractivity contribution < 1.29 is 0 Å². The predicted molar refractivity (Wildman–Crippen MR) is 83.0 cm³/mol. The lowest BCUT2D eigenvalue weighted by Gasteiger charge is -2.21. The van der Waals surface area contributed by atoms with E-state index in [1.807, 2.05) is 11.8 Å². The second-order valence-corrected chi connectivity index (χ2v) is 5.85. The van der Waals surface area contributed by atoms with Gasteiger partial charge >= 0.3 is 0 Å². The molecule has 1 heterocycles. The molecule has 1 aromatic carbocycles. The number of thioether (sulfide) groups is 1. The first kappa shape index (κ1) is 13.3. The van der Waals surface area contributed by atoms with Crippen molar-refractivity contribution in [1.29, 1.82) is 0 Å². The van der Waals surface area contributed by atoms with Crippen molar-refractivity contribution in [2.45, 2.75) is 26.0 Å². The Kier molecular flexibility index (Phi) is 4.53. The molecule has 1 aliphatic rings. The third-order valence-electron chi connectivity index (χ3n) is 3.05. The van der Waals surface area contributed by atoms with Gasteiger partial charge in [0.05, 0.1) is 6.54 Å². The average molecular weight is 263 g/mol. The first-order chi connectivity index (χ1) is 8.72. The molecular formula is C14H21N3S. The summed E-state index contributed by atoms with van der Waals surface area (Å²) in [6, 6.07) is 8.58. The molecule has 0 aromatic heterocycles. The van der Waals surface area contributed by atoms with Crippen LogP contribution in [-0.2, 0) is 0 Å². The smallest absolute Gasteiger partial charge is 0.161 e. The zero-order valence-corrected chi connectivity index (χ0v) is 12.1. The standard InChI is InChI=1S/C14H21N3S/c1-4-17(5-2)13-8-6-12(7-9-13)16-14-15-10-11(3)18-14/h6-9,11H,4-5,10H2,1-3H3,(H,15,16). The van der Waals surface area contributed by atoms with Crippen LogP contribution >= 0.6 is 11.8 Å². The van der Waals surface area contributed by atoms with E-state index in [9.17, 15) is 0 Å². The summed E-state index contributed by atoms with van der Waals surface area (Å²) >= 11 is 1.81. The molecule has 1 aliphatic heterocycles. The lowest BCUT2D eigenvalue weighted by atomic mass is 10.2. The summed E-state index contributed by atoms with van der Waals surface area (Å²) < 4.78 is 0. The lowest BCUT2D eigenvalue weighted by Crippen LogP contribution is -2.21. The quantitative estimate of drug-likeness (QED) is 0.902. The van der Waals surface area contributed by atoms with Gasteiger partial charge in [0.1, 0.15) is 0 Å². The summed E-state index contributed by atoms with van der Waals surface area (Å²) in [7, 11) is 0. The van der Waals surface area contributed by atoms with E-state index in [2.05, 4.69) is 60.2 Å². The molecule has 0 bridgehead atoms. The maximum absolute atomic E-state index is 4.46. The van der Waals surface area contributed by atoms with Crippen LogP contribution in [0.5, 0.6) is 0 Å². The number of benzene rings is 1. The van der Waals surface area contributed by atoms with E-state index in [1.54, 1.807) is 0 Å². The van der Waals surface area contributed by atoms with E-state index in [-0.39, 0.29) is 0 Å². The van der Waals surface area contributed by atoms with Gasteiger partial charge in [0.15, 0.2) is 5.17 Å². The van der Waals surface area contributed by atoms with Crippen LogP contribution < -0.4 is 10.2 Å². The van der Waals surface area contributed by atoms with Crippen molar-refractivity contribution in [3.05, 3.63) is 24.3 Å². The van der Waals surface area contributed by atoms with Gasteiger partial charge in [-0.25, -0.2) is 0 Å². The van der Waals surface area contributed by atoms with Crippen LogP contribution in [0.3, 0.4) is 0 Å². The Morgan fingerprint density at radius 2 is 1.94 bits per heavy atom. The Morgan fingerprint density at radius 1 is 1.28 bits per heavy atom. The summed E-state index contributed by atoms with van der Waals surface area (Å²) in [5.74, 6) is 0. The summed E-state index contributed by atoms with van der Waals surface area (Å²) in [6.45, 7) is 9.57. The maximum Gasteiger partial charge on any atom is 0.161 e. The maximum atomic E-state index is 4.46. The summed E-state index contributed by atoms with van der Waals surface area (Å²) in [6.07, 6.45) is 0. The second kappa shape index (κ2) is 6.14. The van der Waals surface area contributed by atoms with E-state index in [0.717, 1.165) is 30.5 Å². The fourth-order valence-electron chi connectivity index (χ4n) is 2.01. The first-order valence-electron chi connectivity index (χ1n) is 6.56. The predicted octanol–water partition coefficient (Wildman–Crippen LogP) is 3.44. The molecule has 18 heavy (non-hydrogen) atoms. The minimum atomic E-state index is 0.599. The molecule has 1 atom stereocenters. The number of anilines is 2. The highest BCUT2D eigenvalue weighted by Crippen LogP contribution is 2.23. The first-order valence-corrected chi connectivity index (χ1v) is 7.44. The molecule has 0 spiro atoms. The molecule has 2 rings (SSSR count). The number of hydrogen-bond acceptors (Lipinski definition) is 4. The molecule has 0 amide bonds. The number of amidine groups is 1. The van der Waals surface area contributed by atoms with Crippen LogP contribution in [0.2, 0.25) is 0 Å². The van der Waals surface area contributed by atoms with E-state index < -0.39 is 0 Å². The highest BCUT2D eigenvalue weighted by molar-refractivity contribution is 8.15. The Balaban J connectivity index is 1.99. The van der Waals surface area contributed by atoms with Crippen molar-refractivity contribution in [3.8, 4) is 0 Å². The van der Waals surface area contributed by atoms with E-state index in [4.69, 9.17) is 0 Å². The van der Waals surface area contributed by atoms with Gasteiger partial charge in [0.2, 0.25) is 0 Å². The van der Waals surface area contributed by atoms with E-state index in [1.165, 1.54) is 5.69 Å². The molecular weight excluding hydrogens is 242 g/mol. The van der Waals surface area contributed by atoms with Crippen LogP contribution in [0.1, 0.15) is 20.8 Å². The van der Waals surface area contributed by atoms with Gasteiger partial charge in [-0.05, 0) is 38.1 Å². The van der Waals surface area contributed by atoms with Crippen LogP contribution in [0.15, 0.2) is 29.3 Å². The molecule has 1 aromatic rings. The Hall–Kier alpha value is -1.16. The van der Waals surface area contributed by atoms with Gasteiger partial charge in [0, 0.05) is 29.7 Å². The molecule has 3 nitrogen and oxygen atoms in total. The minimum absolute atomic E-state index is 0.599. The van der Waals surface area contributed by atoms with Crippen molar-refractivity contribution in [1.82, 2.24) is 0 Å². The molecule has 0 radical (unpaired) electrons. The zero-order valence-electron chi connectivity index (χ0n) is 11.3. The summed E-state index contributed by atoms with van der Waals surface area (Å²) in [4.78, 5) is 6.80.